The molecule has 0 saturated heterocycles. The Morgan fingerprint density at radius 2 is 1.81 bits per heavy atom. The summed E-state index contributed by atoms with van der Waals surface area (Å²) < 4.78 is 6.03. The van der Waals surface area contributed by atoms with Crippen LogP contribution < -0.4 is 0 Å². The maximum atomic E-state index is 4.99. The second-order valence-corrected chi connectivity index (χ2v) is 4.70. The minimum absolute atomic E-state index is 0.914. The Balaban J connectivity index is 2.36. The summed E-state index contributed by atoms with van der Waals surface area (Å²) in [4.78, 5) is 0. The first-order chi connectivity index (χ1) is 7.86. The van der Waals surface area contributed by atoms with Crippen molar-refractivity contribution in [1.29, 1.82) is 0 Å². The fourth-order valence-corrected chi connectivity index (χ4v) is 2.34. The molecule has 0 N–H and O–H groups in total. The molecule has 0 saturated carbocycles. The van der Waals surface area contributed by atoms with Gasteiger partial charge in [0.1, 0.15) is 12.0 Å². The molecule has 3 rings (SSSR count). The van der Waals surface area contributed by atoms with Crippen LogP contribution in [0.2, 0.25) is 0 Å². The zero-order valence-corrected chi connectivity index (χ0v) is 10.5. The maximum Gasteiger partial charge on any atom is 0.137 e. The number of fused-ring (bicyclic) bond motifs is 1. The zero-order valence-electron chi connectivity index (χ0n) is 8.35. The van der Waals surface area contributed by atoms with E-state index in [4.69, 9.17) is 4.52 Å². The minimum atomic E-state index is 0.914. The number of halogens is 1. The van der Waals surface area contributed by atoms with Crippen LogP contribution in [0.3, 0.4) is 0 Å². The molecule has 78 valence electrons. The molecule has 3 heteroatoms. The van der Waals surface area contributed by atoms with Crippen LogP contribution in [0.4, 0.5) is 0 Å². The molecule has 3 aromatic rings. The third-order valence-corrected chi connectivity index (χ3v) is 3.34. The molecule has 1 aromatic heterocycles. The summed E-state index contributed by atoms with van der Waals surface area (Å²) in [6.07, 6.45) is 1.66. The molecule has 0 radical (unpaired) electrons. The van der Waals surface area contributed by atoms with E-state index in [-0.39, 0.29) is 0 Å². The van der Waals surface area contributed by atoms with Gasteiger partial charge in [-0.1, -0.05) is 47.6 Å². The van der Waals surface area contributed by atoms with Gasteiger partial charge in [-0.3, -0.25) is 0 Å². The van der Waals surface area contributed by atoms with E-state index in [1.165, 1.54) is 10.8 Å². The highest BCUT2D eigenvalue weighted by atomic mass is 127. The molecule has 0 aliphatic heterocycles. The summed E-state index contributed by atoms with van der Waals surface area (Å²) in [6, 6.07) is 14.5. The van der Waals surface area contributed by atoms with Crippen LogP contribution in [0.1, 0.15) is 0 Å². The van der Waals surface area contributed by atoms with Crippen LogP contribution in [0.15, 0.2) is 53.3 Å². The van der Waals surface area contributed by atoms with Crippen LogP contribution in [-0.4, -0.2) is 5.16 Å². The number of nitrogens with zero attached hydrogens (tertiary/aromatic N) is 1. The molecule has 0 bridgehead atoms. The van der Waals surface area contributed by atoms with Gasteiger partial charge in [0.05, 0.1) is 3.57 Å². The summed E-state index contributed by atoms with van der Waals surface area (Å²) in [5.74, 6) is 0. The van der Waals surface area contributed by atoms with Gasteiger partial charge in [-0.2, -0.15) is 0 Å². The van der Waals surface area contributed by atoms with Crippen LogP contribution in [0.5, 0.6) is 0 Å². The molecule has 0 amide bonds. The van der Waals surface area contributed by atoms with Gasteiger partial charge in [-0.15, -0.1) is 0 Å². The molecule has 0 aliphatic rings. The third-order valence-electron chi connectivity index (χ3n) is 2.57. The first-order valence-corrected chi connectivity index (χ1v) is 6.02. The quantitative estimate of drug-likeness (QED) is 0.631. The predicted molar refractivity (Wildman–Crippen MR) is 72.2 cm³/mol. The lowest BCUT2D eigenvalue weighted by Crippen LogP contribution is -1.82. The van der Waals surface area contributed by atoms with Gasteiger partial charge in [0.2, 0.25) is 0 Å². The fraction of sp³-hybridized carbons (Fsp3) is 0. The van der Waals surface area contributed by atoms with Gasteiger partial charge in [0, 0.05) is 5.56 Å². The Hall–Kier alpha value is -1.36. The SMILES string of the molecule is Ic1conc1-c1cccc2ccccc12. The van der Waals surface area contributed by atoms with Crippen molar-refractivity contribution in [1.82, 2.24) is 5.16 Å². The normalized spacial score (nSPS) is 10.8. The Morgan fingerprint density at radius 3 is 2.62 bits per heavy atom. The second kappa shape index (κ2) is 3.90. The van der Waals surface area contributed by atoms with E-state index in [2.05, 4.69) is 52.0 Å². The van der Waals surface area contributed by atoms with Gasteiger partial charge >= 0.3 is 0 Å². The number of hydrogen-bond donors (Lipinski definition) is 0. The number of rotatable bonds is 1. The Morgan fingerprint density at radius 1 is 1.00 bits per heavy atom. The molecule has 0 fully saturated rings. The molecule has 0 spiro atoms. The summed E-state index contributed by atoms with van der Waals surface area (Å²) in [7, 11) is 0. The zero-order chi connectivity index (χ0) is 11.0. The standard InChI is InChI=1S/C13H8INO/c14-12-8-16-15-13(12)11-7-3-5-9-4-1-2-6-10(9)11/h1-8H. The summed E-state index contributed by atoms with van der Waals surface area (Å²) in [5.41, 5.74) is 2.04. The summed E-state index contributed by atoms with van der Waals surface area (Å²) in [5, 5.41) is 6.48. The van der Waals surface area contributed by atoms with Crippen molar-refractivity contribution in [3.05, 3.63) is 52.3 Å². The lowest BCUT2D eigenvalue weighted by Gasteiger charge is -2.03. The van der Waals surface area contributed by atoms with E-state index >= 15 is 0 Å². The highest BCUT2D eigenvalue weighted by Crippen LogP contribution is 2.30. The van der Waals surface area contributed by atoms with Crippen molar-refractivity contribution in [2.45, 2.75) is 0 Å². The van der Waals surface area contributed by atoms with Gasteiger partial charge in [0.25, 0.3) is 0 Å². The minimum Gasteiger partial charge on any atom is -0.363 e. The first kappa shape index (κ1) is 9.84. The topological polar surface area (TPSA) is 26.0 Å². The van der Waals surface area contributed by atoms with E-state index in [9.17, 15) is 0 Å². The van der Waals surface area contributed by atoms with Gasteiger partial charge in [-0.25, -0.2) is 0 Å². The number of benzene rings is 2. The van der Waals surface area contributed by atoms with Crippen molar-refractivity contribution >= 4 is 33.4 Å². The van der Waals surface area contributed by atoms with Crippen molar-refractivity contribution in [3.8, 4) is 11.3 Å². The smallest absolute Gasteiger partial charge is 0.137 e. The largest absolute Gasteiger partial charge is 0.363 e. The van der Waals surface area contributed by atoms with Gasteiger partial charge in [0.15, 0.2) is 0 Å². The first-order valence-electron chi connectivity index (χ1n) is 4.94. The molecule has 1 heterocycles. The Kier molecular flexibility index (Phi) is 2.40. The van der Waals surface area contributed by atoms with Crippen LogP contribution in [0, 0.1) is 3.57 Å². The second-order valence-electron chi connectivity index (χ2n) is 3.54. The molecule has 2 nitrogen and oxygen atoms in total. The van der Waals surface area contributed by atoms with E-state index in [1.54, 1.807) is 6.26 Å². The molecule has 16 heavy (non-hydrogen) atoms. The van der Waals surface area contributed by atoms with Crippen molar-refractivity contribution in [2.75, 3.05) is 0 Å². The number of aromatic nitrogens is 1. The average molecular weight is 321 g/mol. The molecule has 0 unspecified atom stereocenters. The molecule has 2 aromatic carbocycles. The van der Waals surface area contributed by atoms with E-state index in [0.717, 1.165) is 14.8 Å². The lowest BCUT2D eigenvalue weighted by atomic mass is 10.0. The van der Waals surface area contributed by atoms with E-state index < -0.39 is 0 Å². The highest BCUT2D eigenvalue weighted by molar-refractivity contribution is 14.1. The monoisotopic (exact) mass is 321 g/mol. The van der Waals surface area contributed by atoms with Crippen molar-refractivity contribution in [2.24, 2.45) is 0 Å². The predicted octanol–water partition coefficient (Wildman–Crippen LogP) is 4.10. The molecule has 0 atom stereocenters. The lowest BCUT2D eigenvalue weighted by molar-refractivity contribution is 0.422. The molecular formula is C13H8INO. The Bertz CT molecular complexity index is 640. The van der Waals surface area contributed by atoms with E-state index in [1.807, 2.05) is 18.2 Å². The number of hydrogen-bond acceptors (Lipinski definition) is 2. The maximum absolute atomic E-state index is 4.99. The van der Waals surface area contributed by atoms with Crippen LogP contribution in [0.25, 0.3) is 22.0 Å². The third kappa shape index (κ3) is 1.51. The highest BCUT2D eigenvalue weighted by Gasteiger charge is 2.10. The Labute approximate surface area is 106 Å². The van der Waals surface area contributed by atoms with Crippen LogP contribution >= 0.6 is 22.6 Å². The average Bonchev–Trinajstić information content (AvgIpc) is 2.75. The van der Waals surface area contributed by atoms with Gasteiger partial charge < -0.3 is 4.52 Å². The van der Waals surface area contributed by atoms with Crippen LogP contribution in [-0.2, 0) is 0 Å². The molecule has 0 aliphatic carbocycles. The van der Waals surface area contributed by atoms with Crippen molar-refractivity contribution < 1.29 is 4.52 Å². The summed E-state index contributed by atoms with van der Waals surface area (Å²) in [6.45, 7) is 0. The summed E-state index contributed by atoms with van der Waals surface area (Å²) >= 11 is 2.24. The fourth-order valence-electron chi connectivity index (χ4n) is 1.83. The van der Waals surface area contributed by atoms with E-state index in [0.29, 0.717) is 0 Å². The van der Waals surface area contributed by atoms with Crippen molar-refractivity contribution in [3.63, 3.8) is 0 Å². The van der Waals surface area contributed by atoms with Gasteiger partial charge in [-0.05, 0) is 33.4 Å². The molecular weight excluding hydrogens is 313 g/mol.